The van der Waals surface area contributed by atoms with E-state index in [9.17, 15) is 0 Å². The Morgan fingerprint density at radius 2 is 1.87 bits per heavy atom. The maximum atomic E-state index is 2.31. The summed E-state index contributed by atoms with van der Waals surface area (Å²) in [6.45, 7) is 0. The summed E-state index contributed by atoms with van der Waals surface area (Å²) in [5, 5.41) is 3.51. The lowest BCUT2D eigenvalue weighted by Crippen LogP contribution is -1.76. The van der Waals surface area contributed by atoms with E-state index < -0.39 is 0 Å². The van der Waals surface area contributed by atoms with Crippen LogP contribution in [-0.4, -0.2) is 0 Å². The number of thiophene rings is 2. The van der Waals surface area contributed by atoms with Gasteiger partial charge in [0.05, 0.1) is 0 Å². The lowest BCUT2D eigenvalue weighted by molar-refractivity contribution is 1.31. The minimum atomic E-state index is 1.08. The second kappa shape index (κ2) is 3.80. The van der Waals surface area contributed by atoms with E-state index in [1.54, 1.807) is 0 Å². The van der Waals surface area contributed by atoms with E-state index in [1.807, 2.05) is 22.7 Å². The Hall–Kier alpha value is -1.12. The van der Waals surface area contributed by atoms with Gasteiger partial charge in [0.15, 0.2) is 0 Å². The molecule has 0 aliphatic heterocycles. The fourth-order valence-electron chi connectivity index (χ4n) is 1.71. The van der Waals surface area contributed by atoms with Crippen LogP contribution < -0.4 is 0 Å². The number of hydrogen-bond donors (Lipinski definition) is 0. The summed E-state index contributed by atoms with van der Waals surface area (Å²) < 4.78 is 1.39. The first-order valence-electron chi connectivity index (χ1n) is 4.92. The van der Waals surface area contributed by atoms with Crippen molar-refractivity contribution in [2.75, 3.05) is 0 Å². The average Bonchev–Trinajstić information content (AvgIpc) is 2.86. The van der Waals surface area contributed by atoms with Crippen LogP contribution in [-0.2, 0) is 6.42 Å². The molecule has 0 aliphatic rings. The third-order valence-electron chi connectivity index (χ3n) is 2.41. The Kier molecular flexibility index (Phi) is 2.31. The zero-order chi connectivity index (χ0) is 10.1. The van der Waals surface area contributed by atoms with Gasteiger partial charge in [-0.3, -0.25) is 0 Å². The summed E-state index contributed by atoms with van der Waals surface area (Å²) in [7, 11) is 0. The van der Waals surface area contributed by atoms with Gasteiger partial charge in [0.2, 0.25) is 0 Å². The Labute approximate surface area is 96.8 Å². The molecular weight excluding hydrogens is 220 g/mol. The van der Waals surface area contributed by atoms with Crippen LogP contribution in [0.15, 0.2) is 47.8 Å². The van der Waals surface area contributed by atoms with Crippen molar-refractivity contribution < 1.29 is 0 Å². The molecule has 0 nitrogen and oxygen atoms in total. The molecular formula is C13H10S2. The first-order valence-corrected chi connectivity index (χ1v) is 6.61. The first-order chi connectivity index (χ1) is 7.42. The molecule has 0 saturated carbocycles. The van der Waals surface area contributed by atoms with Crippen molar-refractivity contribution >= 4 is 32.8 Å². The minimum absolute atomic E-state index is 1.08. The molecule has 0 amide bonds. The maximum Gasteiger partial charge on any atom is 0.0345 e. The van der Waals surface area contributed by atoms with Crippen LogP contribution in [0.5, 0.6) is 0 Å². The van der Waals surface area contributed by atoms with Crippen LogP contribution in [0, 0.1) is 0 Å². The molecule has 1 aromatic carbocycles. The summed E-state index contributed by atoms with van der Waals surface area (Å²) in [4.78, 5) is 2.90. The largest absolute Gasteiger partial charge is 0.149 e. The van der Waals surface area contributed by atoms with E-state index in [0.29, 0.717) is 0 Å². The van der Waals surface area contributed by atoms with Crippen molar-refractivity contribution in [1.82, 2.24) is 0 Å². The highest BCUT2D eigenvalue weighted by Crippen LogP contribution is 2.27. The number of rotatable bonds is 2. The molecule has 74 valence electrons. The smallest absolute Gasteiger partial charge is 0.0345 e. The molecule has 2 aromatic heterocycles. The molecule has 0 bridgehead atoms. The maximum absolute atomic E-state index is 2.31. The normalized spacial score (nSPS) is 10.9. The predicted molar refractivity (Wildman–Crippen MR) is 69.0 cm³/mol. The lowest BCUT2D eigenvalue weighted by atomic mass is 10.2. The topological polar surface area (TPSA) is 0 Å². The Morgan fingerprint density at radius 1 is 0.933 bits per heavy atom. The minimum Gasteiger partial charge on any atom is -0.149 e. The number of benzene rings is 1. The van der Waals surface area contributed by atoms with Crippen molar-refractivity contribution in [1.29, 1.82) is 0 Å². The SMILES string of the molecule is c1csc(Cc2cc3ccccc3s2)c1. The molecule has 0 spiro atoms. The molecule has 0 aliphatic carbocycles. The average molecular weight is 230 g/mol. The van der Waals surface area contributed by atoms with E-state index in [2.05, 4.69) is 47.8 Å². The summed E-state index contributed by atoms with van der Waals surface area (Å²) in [6.07, 6.45) is 1.08. The highest BCUT2D eigenvalue weighted by atomic mass is 32.1. The van der Waals surface area contributed by atoms with Crippen LogP contribution >= 0.6 is 22.7 Å². The van der Waals surface area contributed by atoms with Gasteiger partial charge in [0.1, 0.15) is 0 Å². The van der Waals surface area contributed by atoms with Gasteiger partial charge in [-0.25, -0.2) is 0 Å². The quantitative estimate of drug-likeness (QED) is 0.605. The van der Waals surface area contributed by atoms with Gasteiger partial charge in [-0.2, -0.15) is 0 Å². The van der Waals surface area contributed by atoms with Gasteiger partial charge in [-0.05, 0) is 29.0 Å². The summed E-state index contributed by atoms with van der Waals surface area (Å²) in [5.74, 6) is 0. The standard InChI is InChI=1S/C13H10S2/c1-2-6-13-10(4-1)8-12(15-13)9-11-5-3-7-14-11/h1-8H,9H2. The molecule has 0 saturated heterocycles. The van der Waals surface area contributed by atoms with Gasteiger partial charge >= 0.3 is 0 Å². The third kappa shape index (κ3) is 1.83. The second-order valence-electron chi connectivity index (χ2n) is 3.51. The molecule has 2 heteroatoms. The van der Waals surface area contributed by atoms with E-state index in [0.717, 1.165) is 6.42 Å². The van der Waals surface area contributed by atoms with Gasteiger partial charge < -0.3 is 0 Å². The van der Waals surface area contributed by atoms with E-state index in [-0.39, 0.29) is 0 Å². The molecule has 0 fully saturated rings. The van der Waals surface area contributed by atoms with Crippen LogP contribution in [0.1, 0.15) is 9.75 Å². The summed E-state index contributed by atoms with van der Waals surface area (Å²) in [6, 6.07) is 15.2. The molecule has 2 heterocycles. The van der Waals surface area contributed by atoms with Crippen molar-refractivity contribution in [3.05, 3.63) is 57.6 Å². The van der Waals surface area contributed by atoms with Crippen LogP contribution in [0.4, 0.5) is 0 Å². The lowest BCUT2D eigenvalue weighted by Gasteiger charge is -1.90. The molecule has 0 radical (unpaired) electrons. The number of fused-ring (bicyclic) bond motifs is 1. The molecule has 15 heavy (non-hydrogen) atoms. The zero-order valence-corrected chi connectivity index (χ0v) is 9.78. The molecule has 3 rings (SSSR count). The zero-order valence-electron chi connectivity index (χ0n) is 8.14. The highest BCUT2D eigenvalue weighted by molar-refractivity contribution is 7.19. The van der Waals surface area contributed by atoms with Crippen molar-refractivity contribution in [3.8, 4) is 0 Å². The van der Waals surface area contributed by atoms with Crippen molar-refractivity contribution in [3.63, 3.8) is 0 Å². The molecule has 3 aromatic rings. The van der Waals surface area contributed by atoms with Gasteiger partial charge in [-0.1, -0.05) is 24.3 Å². The van der Waals surface area contributed by atoms with Crippen LogP contribution in [0.2, 0.25) is 0 Å². The van der Waals surface area contributed by atoms with Crippen molar-refractivity contribution in [2.24, 2.45) is 0 Å². The third-order valence-corrected chi connectivity index (χ3v) is 4.40. The Morgan fingerprint density at radius 3 is 2.67 bits per heavy atom. The van der Waals surface area contributed by atoms with Gasteiger partial charge in [0, 0.05) is 20.9 Å². The predicted octanol–water partition coefficient (Wildman–Crippen LogP) is 4.55. The summed E-state index contributed by atoms with van der Waals surface area (Å²) in [5.41, 5.74) is 0. The second-order valence-corrected chi connectivity index (χ2v) is 5.71. The fourth-order valence-corrected chi connectivity index (χ4v) is 3.62. The van der Waals surface area contributed by atoms with Crippen molar-refractivity contribution in [2.45, 2.75) is 6.42 Å². The highest BCUT2D eigenvalue weighted by Gasteiger charge is 2.02. The monoisotopic (exact) mass is 230 g/mol. The van der Waals surface area contributed by atoms with E-state index >= 15 is 0 Å². The number of hydrogen-bond acceptors (Lipinski definition) is 2. The fraction of sp³-hybridized carbons (Fsp3) is 0.0769. The molecule has 0 unspecified atom stereocenters. The van der Waals surface area contributed by atoms with Gasteiger partial charge in [-0.15, -0.1) is 22.7 Å². The Balaban J connectivity index is 1.98. The molecule has 0 atom stereocenters. The summed E-state index contributed by atoms with van der Waals surface area (Å²) >= 11 is 3.74. The first kappa shape index (κ1) is 9.13. The van der Waals surface area contributed by atoms with E-state index in [1.165, 1.54) is 19.8 Å². The molecule has 0 N–H and O–H groups in total. The van der Waals surface area contributed by atoms with Crippen LogP contribution in [0.25, 0.3) is 10.1 Å². The van der Waals surface area contributed by atoms with Crippen LogP contribution in [0.3, 0.4) is 0 Å². The van der Waals surface area contributed by atoms with Gasteiger partial charge in [0.25, 0.3) is 0 Å². The Bertz CT molecular complexity index is 528. The van der Waals surface area contributed by atoms with E-state index in [4.69, 9.17) is 0 Å².